The average Bonchev–Trinajstić information content (AvgIpc) is 2.16. The van der Waals surface area contributed by atoms with Crippen LogP contribution in [0.5, 0.6) is 0 Å². The number of ether oxygens (including phenoxy) is 1. The summed E-state index contributed by atoms with van der Waals surface area (Å²) >= 11 is 0. The second-order valence-corrected chi connectivity index (χ2v) is 2.59. The standard InChI is InChI=1S/C10H10O3/c1-7(11)8-5-3-4-6-9(8)10(12)13-2/h3-6H,1-2H3. The van der Waals surface area contributed by atoms with E-state index >= 15 is 0 Å². The van der Waals surface area contributed by atoms with Gasteiger partial charge in [-0.15, -0.1) is 0 Å². The van der Waals surface area contributed by atoms with Gasteiger partial charge in [0.2, 0.25) is 0 Å². The van der Waals surface area contributed by atoms with Gasteiger partial charge in [-0.1, -0.05) is 18.2 Å². The summed E-state index contributed by atoms with van der Waals surface area (Å²) in [6.45, 7) is 1.42. The summed E-state index contributed by atoms with van der Waals surface area (Å²) in [5.74, 6) is -0.619. The molecule has 0 heterocycles. The van der Waals surface area contributed by atoms with E-state index in [0.717, 1.165) is 0 Å². The van der Waals surface area contributed by atoms with E-state index in [0.29, 0.717) is 11.1 Å². The Morgan fingerprint density at radius 2 is 1.69 bits per heavy atom. The lowest BCUT2D eigenvalue weighted by Crippen LogP contribution is -2.07. The van der Waals surface area contributed by atoms with Crippen LogP contribution in [0.2, 0.25) is 0 Å². The predicted octanol–water partition coefficient (Wildman–Crippen LogP) is 1.68. The van der Waals surface area contributed by atoms with E-state index in [1.54, 1.807) is 24.3 Å². The third-order valence-corrected chi connectivity index (χ3v) is 1.71. The van der Waals surface area contributed by atoms with Gasteiger partial charge in [0.25, 0.3) is 0 Å². The van der Waals surface area contributed by atoms with E-state index in [9.17, 15) is 9.59 Å². The van der Waals surface area contributed by atoms with Crippen molar-refractivity contribution in [1.82, 2.24) is 0 Å². The highest BCUT2D eigenvalue weighted by molar-refractivity contribution is 6.05. The first-order valence-corrected chi connectivity index (χ1v) is 3.85. The van der Waals surface area contributed by atoms with Crippen molar-refractivity contribution in [2.45, 2.75) is 6.92 Å². The Morgan fingerprint density at radius 1 is 1.15 bits per heavy atom. The Labute approximate surface area is 76.3 Å². The van der Waals surface area contributed by atoms with Gasteiger partial charge in [-0.2, -0.15) is 0 Å². The summed E-state index contributed by atoms with van der Waals surface area (Å²) < 4.78 is 4.54. The molecule has 0 amide bonds. The van der Waals surface area contributed by atoms with E-state index < -0.39 is 5.97 Å². The van der Waals surface area contributed by atoms with Crippen LogP contribution in [-0.4, -0.2) is 18.9 Å². The Morgan fingerprint density at radius 3 is 2.15 bits per heavy atom. The van der Waals surface area contributed by atoms with Crippen LogP contribution in [0.25, 0.3) is 0 Å². The van der Waals surface area contributed by atoms with Gasteiger partial charge in [-0.25, -0.2) is 4.79 Å². The third kappa shape index (κ3) is 1.93. The summed E-state index contributed by atoms with van der Waals surface area (Å²) in [5, 5.41) is 0. The smallest absolute Gasteiger partial charge is 0.338 e. The van der Waals surface area contributed by atoms with Gasteiger partial charge in [0.15, 0.2) is 5.78 Å². The maximum Gasteiger partial charge on any atom is 0.338 e. The molecule has 1 rings (SSSR count). The van der Waals surface area contributed by atoms with E-state index in [-0.39, 0.29) is 5.78 Å². The van der Waals surface area contributed by atoms with E-state index in [1.807, 2.05) is 0 Å². The fourth-order valence-corrected chi connectivity index (χ4v) is 1.08. The molecule has 1 aromatic rings. The van der Waals surface area contributed by atoms with Crippen molar-refractivity contribution in [2.24, 2.45) is 0 Å². The molecule has 3 nitrogen and oxygen atoms in total. The highest BCUT2D eigenvalue weighted by Gasteiger charge is 2.13. The number of methoxy groups -OCH3 is 1. The van der Waals surface area contributed by atoms with Gasteiger partial charge in [0.05, 0.1) is 12.7 Å². The van der Waals surface area contributed by atoms with Gasteiger partial charge < -0.3 is 4.74 Å². The second-order valence-electron chi connectivity index (χ2n) is 2.59. The van der Waals surface area contributed by atoms with Crippen molar-refractivity contribution >= 4 is 11.8 Å². The summed E-state index contributed by atoms with van der Waals surface area (Å²) in [4.78, 5) is 22.2. The molecule has 0 aromatic heterocycles. The van der Waals surface area contributed by atoms with Gasteiger partial charge in [-0.3, -0.25) is 4.79 Å². The highest BCUT2D eigenvalue weighted by atomic mass is 16.5. The molecule has 0 aliphatic rings. The van der Waals surface area contributed by atoms with E-state index in [2.05, 4.69) is 4.74 Å². The summed E-state index contributed by atoms with van der Waals surface area (Å²) in [6, 6.07) is 6.58. The first-order valence-electron chi connectivity index (χ1n) is 3.85. The minimum atomic E-state index is -0.481. The van der Waals surface area contributed by atoms with Crippen LogP contribution in [0, 0.1) is 0 Å². The van der Waals surface area contributed by atoms with Crippen molar-refractivity contribution in [3.63, 3.8) is 0 Å². The molecule has 0 aliphatic carbocycles. The number of esters is 1. The molecule has 0 N–H and O–H groups in total. The number of ketones is 1. The molecule has 0 spiro atoms. The Bertz CT molecular complexity index is 342. The minimum Gasteiger partial charge on any atom is -0.465 e. The summed E-state index contributed by atoms with van der Waals surface area (Å²) in [7, 11) is 1.29. The maximum atomic E-state index is 11.2. The molecule has 13 heavy (non-hydrogen) atoms. The fourth-order valence-electron chi connectivity index (χ4n) is 1.08. The number of Topliss-reactive ketones (excluding diaryl/α,β-unsaturated/α-hetero) is 1. The number of hydrogen-bond donors (Lipinski definition) is 0. The van der Waals surface area contributed by atoms with E-state index in [1.165, 1.54) is 14.0 Å². The fraction of sp³-hybridized carbons (Fsp3) is 0.200. The molecule has 0 radical (unpaired) electrons. The van der Waals surface area contributed by atoms with Crippen molar-refractivity contribution in [3.8, 4) is 0 Å². The maximum absolute atomic E-state index is 11.2. The van der Waals surface area contributed by atoms with Crippen molar-refractivity contribution in [1.29, 1.82) is 0 Å². The molecule has 3 heteroatoms. The third-order valence-electron chi connectivity index (χ3n) is 1.71. The Balaban J connectivity index is 3.19. The molecule has 0 atom stereocenters. The molecule has 68 valence electrons. The highest BCUT2D eigenvalue weighted by Crippen LogP contribution is 2.10. The quantitative estimate of drug-likeness (QED) is 0.511. The van der Waals surface area contributed by atoms with Crippen LogP contribution in [0.3, 0.4) is 0 Å². The monoisotopic (exact) mass is 178 g/mol. The lowest BCUT2D eigenvalue weighted by Gasteiger charge is -2.03. The summed E-state index contributed by atoms with van der Waals surface area (Å²) in [5.41, 5.74) is 0.715. The van der Waals surface area contributed by atoms with Crippen molar-refractivity contribution in [2.75, 3.05) is 7.11 Å². The topological polar surface area (TPSA) is 43.4 Å². The van der Waals surface area contributed by atoms with Gasteiger partial charge in [0, 0.05) is 5.56 Å². The number of benzene rings is 1. The van der Waals surface area contributed by atoms with Crippen LogP contribution in [0.1, 0.15) is 27.6 Å². The Hall–Kier alpha value is -1.64. The second kappa shape index (κ2) is 3.85. The SMILES string of the molecule is COC(=O)c1ccccc1C(C)=O. The molecular weight excluding hydrogens is 168 g/mol. The molecule has 0 unspecified atom stereocenters. The molecule has 0 aliphatic heterocycles. The number of rotatable bonds is 2. The number of hydrogen-bond acceptors (Lipinski definition) is 3. The van der Waals surface area contributed by atoms with Crippen LogP contribution in [0.4, 0.5) is 0 Å². The lowest BCUT2D eigenvalue weighted by molar-refractivity contribution is 0.0597. The molecular formula is C10H10O3. The normalized spacial score (nSPS) is 9.38. The minimum absolute atomic E-state index is 0.138. The lowest BCUT2D eigenvalue weighted by atomic mass is 10.0. The van der Waals surface area contributed by atoms with Crippen LogP contribution >= 0.6 is 0 Å². The number of carbonyl (C=O) groups excluding carboxylic acids is 2. The zero-order valence-electron chi connectivity index (χ0n) is 7.53. The van der Waals surface area contributed by atoms with Gasteiger partial charge in [-0.05, 0) is 13.0 Å². The van der Waals surface area contributed by atoms with Crippen LogP contribution in [-0.2, 0) is 4.74 Å². The average molecular weight is 178 g/mol. The number of carbonyl (C=O) groups is 2. The van der Waals surface area contributed by atoms with Gasteiger partial charge >= 0.3 is 5.97 Å². The largest absolute Gasteiger partial charge is 0.465 e. The van der Waals surface area contributed by atoms with Crippen molar-refractivity contribution < 1.29 is 14.3 Å². The van der Waals surface area contributed by atoms with Crippen molar-refractivity contribution in [3.05, 3.63) is 35.4 Å². The molecule has 0 saturated heterocycles. The van der Waals surface area contributed by atoms with Crippen LogP contribution in [0.15, 0.2) is 24.3 Å². The molecule has 0 fully saturated rings. The van der Waals surface area contributed by atoms with Gasteiger partial charge in [0.1, 0.15) is 0 Å². The Kier molecular flexibility index (Phi) is 2.80. The molecule has 0 bridgehead atoms. The molecule has 0 saturated carbocycles. The molecule has 1 aromatic carbocycles. The van der Waals surface area contributed by atoms with Crippen LogP contribution < -0.4 is 0 Å². The summed E-state index contributed by atoms with van der Waals surface area (Å²) in [6.07, 6.45) is 0. The first kappa shape index (κ1) is 9.45. The zero-order valence-corrected chi connectivity index (χ0v) is 7.53. The van der Waals surface area contributed by atoms with E-state index in [4.69, 9.17) is 0 Å². The zero-order chi connectivity index (χ0) is 9.84. The first-order chi connectivity index (χ1) is 6.16. The predicted molar refractivity (Wildman–Crippen MR) is 47.8 cm³/mol.